The third kappa shape index (κ3) is 13.9. The lowest BCUT2D eigenvalue weighted by molar-refractivity contribution is -0.131. The van der Waals surface area contributed by atoms with Crippen molar-refractivity contribution in [3.8, 4) is 0 Å². The van der Waals surface area contributed by atoms with Gasteiger partial charge in [0.1, 0.15) is 17.7 Å². The fraction of sp³-hybridized carbons (Fsp3) is 0.541. The number of imidazole rings is 1. The average Bonchev–Trinajstić information content (AvgIpc) is 3.59. The summed E-state index contributed by atoms with van der Waals surface area (Å²) in [5.74, 6) is 0.279. The monoisotopic (exact) mass is 692 g/mol. The summed E-state index contributed by atoms with van der Waals surface area (Å²) < 4.78 is 5.45. The SMILES string of the molecule is CC(C)(C)OC(=O)N[C@@H](Cc1ccccc1)C(=O)N[C@@H](Cc1cnc[nH]1)C(=O)N[C@@H](CC1CCCCC1)[C@@H](O)CCCSc1ccccn1. The molecule has 1 aliphatic rings. The zero-order chi connectivity index (χ0) is 35.1. The number of benzene rings is 1. The van der Waals surface area contributed by atoms with E-state index in [2.05, 4.69) is 30.9 Å². The molecule has 0 unspecified atom stereocenters. The van der Waals surface area contributed by atoms with Gasteiger partial charge in [0.2, 0.25) is 11.8 Å². The highest BCUT2D eigenvalue weighted by Gasteiger charge is 2.32. The summed E-state index contributed by atoms with van der Waals surface area (Å²) in [6.07, 6.45) is 11.4. The number of pyridine rings is 1. The van der Waals surface area contributed by atoms with Crippen LogP contribution >= 0.6 is 11.8 Å². The predicted molar refractivity (Wildman–Crippen MR) is 191 cm³/mol. The molecule has 4 rings (SSSR count). The van der Waals surface area contributed by atoms with Crippen LogP contribution < -0.4 is 16.0 Å². The van der Waals surface area contributed by atoms with Crippen molar-refractivity contribution in [3.63, 3.8) is 0 Å². The van der Waals surface area contributed by atoms with E-state index in [-0.39, 0.29) is 12.8 Å². The number of thioether (sulfide) groups is 1. The van der Waals surface area contributed by atoms with Crippen LogP contribution in [0.2, 0.25) is 0 Å². The van der Waals surface area contributed by atoms with Crippen LogP contribution in [-0.4, -0.2) is 73.5 Å². The summed E-state index contributed by atoms with van der Waals surface area (Å²) in [7, 11) is 0. The zero-order valence-corrected chi connectivity index (χ0v) is 29.7. The molecule has 49 heavy (non-hydrogen) atoms. The van der Waals surface area contributed by atoms with Crippen LogP contribution in [0, 0.1) is 5.92 Å². The number of hydrogen-bond acceptors (Lipinski definition) is 8. The van der Waals surface area contributed by atoms with E-state index in [1.807, 2.05) is 48.5 Å². The van der Waals surface area contributed by atoms with Crippen molar-refractivity contribution >= 4 is 29.7 Å². The fourth-order valence-corrected chi connectivity index (χ4v) is 6.92. The van der Waals surface area contributed by atoms with Gasteiger partial charge < -0.3 is 30.8 Å². The predicted octanol–water partition coefficient (Wildman–Crippen LogP) is 5.36. The number of amides is 3. The first-order chi connectivity index (χ1) is 23.6. The number of ether oxygens (including phenoxy) is 1. The van der Waals surface area contributed by atoms with E-state index < -0.39 is 47.7 Å². The summed E-state index contributed by atoms with van der Waals surface area (Å²) in [5, 5.41) is 21.1. The van der Waals surface area contributed by atoms with Gasteiger partial charge in [-0.1, -0.05) is 68.5 Å². The molecule has 12 heteroatoms. The number of rotatable bonds is 17. The van der Waals surface area contributed by atoms with Crippen molar-refractivity contribution in [1.29, 1.82) is 0 Å². The number of aliphatic hydroxyl groups excluding tert-OH is 1. The maximum atomic E-state index is 14.1. The van der Waals surface area contributed by atoms with Crippen LogP contribution in [0.5, 0.6) is 0 Å². The fourth-order valence-electron chi connectivity index (χ4n) is 6.09. The second-order valence-electron chi connectivity index (χ2n) is 13.8. The maximum absolute atomic E-state index is 14.1. The molecule has 0 bridgehead atoms. The second-order valence-corrected chi connectivity index (χ2v) is 14.9. The molecule has 1 fully saturated rings. The highest BCUT2D eigenvalue weighted by atomic mass is 32.2. The highest BCUT2D eigenvalue weighted by molar-refractivity contribution is 7.99. The van der Waals surface area contributed by atoms with E-state index in [1.165, 1.54) is 12.7 Å². The second kappa shape index (κ2) is 19.3. The van der Waals surface area contributed by atoms with Crippen molar-refractivity contribution in [1.82, 2.24) is 30.9 Å². The first-order valence-corrected chi connectivity index (χ1v) is 18.4. The number of aliphatic hydroxyl groups is 1. The summed E-state index contributed by atoms with van der Waals surface area (Å²) in [4.78, 5) is 52.2. The van der Waals surface area contributed by atoms with Gasteiger partial charge in [0, 0.05) is 30.9 Å². The van der Waals surface area contributed by atoms with Gasteiger partial charge >= 0.3 is 6.09 Å². The molecule has 5 N–H and O–H groups in total. The number of alkyl carbamates (subject to hydrolysis) is 1. The largest absolute Gasteiger partial charge is 0.444 e. The van der Waals surface area contributed by atoms with Crippen molar-refractivity contribution in [2.45, 2.75) is 120 Å². The molecule has 0 spiro atoms. The number of nitrogens with zero attached hydrogens (tertiary/aromatic N) is 2. The quantitative estimate of drug-likeness (QED) is 0.0935. The van der Waals surface area contributed by atoms with E-state index in [0.29, 0.717) is 24.5 Å². The first kappa shape index (κ1) is 37.9. The Labute approximate surface area is 294 Å². The van der Waals surface area contributed by atoms with Crippen LogP contribution in [0.15, 0.2) is 72.3 Å². The Balaban J connectivity index is 1.48. The molecular weight excluding hydrogens is 641 g/mol. The van der Waals surface area contributed by atoms with Gasteiger partial charge in [-0.3, -0.25) is 9.59 Å². The van der Waals surface area contributed by atoms with Crippen LogP contribution in [0.4, 0.5) is 4.79 Å². The van der Waals surface area contributed by atoms with Gasteiger partial charge in [-0.2, -0.15) is 0 Å². The number of hydrogen-bond donors (Lipinski definition) is 5. The smallest absolute Gasteiger partial charge is 0.408 e. The van der Waals surface area contributed by atoms with Gasteiger partial charge in [-0.25, -0.2) is 14.8 Å². The molecule has 3 amide bonds. The van der Waals surface area contributed by atoms with Crippen molar-refractivity contribution in [2.75, 3.05) is 5.75 Å². The van der Waals surface area contributed by atoms with Gasteiger partial charge in [0.05, 0.1) is 23.5 Å². The number of aromatic nitrogens is 3. The zero-order valence-electron chi connectivity index (χ0n) is 28.9. The van der Waals surface area contributed by atoms with Gasteiger partial charge in [0.15, 0.2) is 0 Å². The van der Waals surface area contributed by atoms with Crippen LogP contribution in [0.1, 0.15) is 83.4 Å². The minimum absolute atomic E-state index is 0.148. The molecule has 3 aromatic rings. The van der Waals surface area contributed by atoms with E-state index in [0.717, 1.165) is 48.4 Å². The third-order valence-electron chi connectivity index (χ3n) is 8.54. The highest BCUT2D eigenvalue weighted by Crippen LogP contribution is 2.29. The van der Waals surface area contributed by atoms with E-state index in [4.69, 9.17) is 4.74 Å². The number of carbonyl (C=O) groups is 3. The number of aromatic amines is 1. The van der Waals surface area contributed by atoms with Crippen LogP contribution in [0.3, 0.4) is 0 Å². The number of H-pyrrole nitrogens is 1. The average molecular weight is 693 g/mol. The Kier molecular flexibility index (Phi) is 15.0. The lowest BCUT2D eigenvalue weighted by Gasteiger charge is -2.32. The molecular formula is C37H52N6O5S. The minimum Gasteiger partial charge on any atom is -0.444 e. The van der Waals surface area contributed by atoms with Crippen molar-refractivity contribution in [3.05, 3.63) is 78.5 Å². The van der Waals surface area contributed by atoms with E-state index >= 15 is 0 Å². The number of nitrogens with one attached hydrogen (secondary N) is 4. The molecule has 0 radical (unpaired) electrons. The van der Waals surface area contributed by atoms with E-state index in [1.54, 1.807) is 44.9 Å². The Morgan fingerprint density at radius 3 is 2.35 bits per heavy atom. The molecule has 0 saturated heterocycles. The van der Waals surface area contributed by atoms with Crippen molar-refractivity contribution < 1.29 is 24.2 Å². The third-order valence-corrected chi connectivity index (χ3v) is 9.57. The molecule has 1 aliphatic carbocycles. The molecule has 1 saturated carbocycles. The lowest BCUT2D eigenvalue weighted by atomic mass is 9.83. The normalized spacial score (nSPS) is 16.2. The molecule has 266 valence electrons. The van der Waals surface area contributed by atoms with Crippen LogP contribution in [0.25, 0.3) is 0 Å². The lowest BCUT2D eigenvalue weighted by Crippen LogP contribution is -2.57. The Hall–Kier alpha value is -3.90. The summed E-state index contributed by atoms with van der Waals surface area (Å²) in [6.45, 7) is 5.25. The Morgan fingerprint density at radius 1 is 0.959 bits per heavy atom. The number of carbonyl (C=O) groups excluding carboxylic acids is 3. The van der Waals surface area contributed by atoms with Crippen LogP contribution in [-0.2, 0) is 27.2 Å². The minimum atomic E-state index is -1.01. The Bertz CT molecular complexity index is 1410. The topological polar surface area (TPSA) is 158 Å². The summed E-state index contributed by atoms with van der Waals surface area (Å²) in [6, 6.07) is 12.7. The molecule has 4 atom stereocenters. The van der Waals surface area contributed by atoms with Gasteiger partial charge in [0.25, 0.3) is 0 Å². The molecule has 2 heterocycles. The van der Waals surface area contributed by atoms with Gasteiger partial charge in [-0.15, -0.1) is 11.8 Å². The summed E-state index contributed by atoms with van der Waals surface area (Å²) in [5.41, 5.74) is 0.743. The standard InChI is InChI=1S/C37H52N6O5S/c1-37(2,3)48-36(47)43-30(22-27-15-8-5-9-16-27)34(45)42-31(23-28-24-38-25-40-28)35(46)41-29(21-26-13-6-4-7-14-26)32(44)17-12-20-49-33-18-10-11-19-39-33/h5,8-11,15-16,18-19,24-26,29-32,44H,4,6-7,12-14,17,20-23H2,1-3H3,(H,38,40)(H,41,46)(H,42,45)(H,43,47)/t29-,30-,31-,32-/m0/s1. The molecule has 2 aromatic heterocycles. The van der Waals surface area contributed by atoms with Gasteiger partial charge in [-0.05, 0) is 69.4 Å². The molecule has 1 aromatic carbocycles. The van der Waals surface area contributed by atoms with E-state index in [9.17, 15) is 19.5 Å². The molecule has 0 aliphatic heterocycles. The van der Waals surface area contributed by atoms with Crippen molar-refractivity contribution in [2.24, 2.45) is 5.92 Å². The summed E-state index contributed by atoms with van der Waals surface area (Å²) >= 11 is 1.64. The Morgan fingerprint density at radius 2 is 1.67 bits per heavy atom. The maximum Gasteiger partial charge on any atom is 0.408 e. The first-order valence-electron chi connectivity index (χ1n) is 17.4. The molecule has 11 nitrogen and oxygen atoms in total.